The Morgan fingerprint density at radius 3 is 2.00 bits per heavy atom. The molecule has 0 amide bonds. The normalized spacial score (nSPS) is 13.7. The van der Waals surface area contributed by atoms with Gasteiger partial charge in [-0.25, -0.2) is 8.42 Å². The predicted octanol–water partition coefficient (Wildman–Crippen LogP) is 4.36. The maximum atomic E-state index is 13.5. The first-order chi connectivity index (χ1) is 14.1. The molecule has 1 rings (SSSR count). The summed E-state index contributed by atoms with van der Waals surface area (Å²) in [5.41, 5.74) is -1.62. The number of hydrogen-bond acceptors (Lipinski definition) is 7. The van der Waals surface area contributed by atoms with E-state index in [1.165, 1.54) is 0 Å². The summed E-state index contributed by atoms with van der Waals surface area (Å²) in [6.45, 7) is -2.19. The molecule has 0 heterocycles. The number of sulfone groups is 1. The van der Waals surface area contributed by atoms with E-state index in [0.717, 1.165) is 0 Å². The number of carbonyl (C=O) groups excluding carboxylic acids is 1. The number of carbonyl (C=O) groups is 1. The molecule has 0 unspecified atom stereocenters. The van der Waals surface area contributed by atoms with Gasteiger partial charge in [-0.1, -0.05) is 0 Å². The van der Waals surface area contributed by atoms with E-state index < -0.39 is 83.9 Å². The van der Waals surface area contributed by atoms with Crippen LogP contribution in [0.25, 0.3) is 0 Å². The van der Waals surface area contributed by atoms with Crippen LogP contribution in [0, 0.1) is 10.1 Å². The van der Waals surface area contributed by atoms with Gasteiger partial charge in [-0.05, 0) is 23.9 Å². The Labute approximate surface area is 174 Å². The van der Waals surface area contributed by atoms with E-state index in [-0.39, 0.29) is 18.2 Å². The number of benzene rings is 1. The van der Waals surface area contributed by atoms with Crippen LogP contribution in [-0.4, -0.2) is 55.2 Å². The molecule has 0 atom stereocenters. The Morgan fingerprint density at radius 2 is 1.56 bits per heavy atom. The molecule has 0 aromatic heterocycles. The molecule has 7 nitrogen and oxygen atoms in total. The van der Waals surface area contributed by atoms with Crippen molar-refractivity contribution in [2.45, 2.75) is 33.3 Å². The first-order valence-electron chi connectivity index (χ1n) is 7.36. The lowest BCUT2D eigenvalue weighted by Crippen LogP contribution is -2.49. The van der Waals surface area contributed by atoms with Crippen molar-refractivity contribution in [1.82, 2.24) is 0 Å². The van der Waals surface area contributed by atoms with Crippen molar-refractivity contribution in [3.05, 3.63) is 28.3 Å². The lowest BCUT2D eigenvalue weighted by molar-refractivity contribution is -0.388. The summed E-state index contributed by atoms with van der Waals surface area (Å²) in [6.07, 6.45) is -11.7. The summed E-state index contributed by atoms with van der Waals surface area (Å²) < 4.78 is 153. The van der Waals surface area contributed by atoms with E-state index in [4.69, 9.17) is 0 Å². The van der Waals surface area contributed by atoms with E-state index in [9.17, 15) is 67.2 Å². The van der Waals surface area contributed by atoms with Gasteiger partial charge in [0, 0.05) is 11.0 Å². The van der Waals surface area contributed by atoms with Crippen molar-refractivity contribution in [3.8, 4) is 0 Å². The fourth-order valence-corrected chi connectivity index (χ4v) is 3.90. The van der Waals surface area contributed by atoms with E-state index in [1.54, 1.807) is 0 Å². The van der Waals surface area contributed by atoms with Crippen LogP contribution in [0.1, 0.15) is 0 Å². The molecule has 0 N–H and O–H groups in total. The summed E-state index contributed by atoms with van der Waals surface area (Å²) in [5, 5.41) is 5.16. The van der Waals surface area contributed by atoms with Crippen molar-refractivity contribution in [2.75, 3.05) is 12.4 Å². The Hall–Kier alpha value is -2.31. The van der Waals surface area contributed by atoms with Gasteiger partial charge in [0.05, 0.1) is 4.92 Å². The number of esters is 1. The molecule has 0 aliphatic carbocycles. The Balaban J connectivity index is 3.27. The van der Waals surface area contributed by atoms with Gasteiger partial charge in [-0.3, -0.25) is 14.9 Å². The molecule has 0 spiro atoms. The van der Waals surface area contributed by atoms with Crippen molar-refractivity contribution >= 4 is 33.3 Å². The average Bonchev–Trinajstić information content (AvgIpc) is 2.57. The number of nitro benzene ring substituents is 1. The van der Waals surface area contributed by atoms with E-state index in [1.807, 2.05) is 0 Å². The first-order valence-corrected chi connectivity index (χ1v) is 9.82. The fourth-order valence-electron chi connectivity index (χ4n) is 1.78. The molecule has 32 heavy (non-hydrogen) atoms. The molecular formula is C13H7F10NO6S2. The zero-order valence-electron chi connectivity index (χ0n) is 14.6. The van der Waals surface area contributed by atoms with Crippen LogP contribution in [0.5, 0.6) is 0 Å². The van der Waals surface area contributed by atoms with Gasteiger partial charge in [0.15, 0.2) is 22.2 Å². The highest BCUT2D eigenvalue weighted by Gasteiger charge is 2.73. The standard InChI is InChI=1S/C13H7F10NO6S2/c14-10(15,16)5-30-9(25)4-32(28,29)8-2-1-6(3-7(8)24(26)27)31-13(22,23)11(17,18)12(19,20)21/h1-3H,4-5H2. The molecular weight excluding hydrogens is 520 g/mol. The van der Waals surface area contributed by atoms with Gasteiger partial charge in [-0.15, -0.1) is 0 Å². The monoisotopic (exact) mass is 527 g/mol. The maximum Gasteiger partial charge on any atom is 0.460 e. The number of alkyl halides is 10. The molecule has 0 aliphatic heterocycles. The molecule has 1 aromatic carbocycles. The largest absolute Gasteiger partial charge is 0.460 e. The van der Waals surface area contributed by atoms with E-state index >= 15 is 0 Å². The van der Waals surface area contributed by atoms with Crippen molar-refractivity contribution in [3.63, 3.8) is 0 Å². The highest BCUT2D eigenvalue weighted by atomic mass is 32.2. The zero-order chi connectivity index (χ0) is 25.3. The van der Waals surface area contributed by atoms with Crippen LogP contribution in [0.2, 0.25) is 0 Å². The molecule has 19 heteroatoms. The lowest BCUT2D eigenvalue weighted by atomic mass is 10.3. The van der Waals surface area contributed by atoms with Crippen LogP contribution in [0.15, 0.2) is 28.0 Å². The summed E-state index contributed by atoms with van der Waals surface area (Å²) in [6, 6.07) is 0.250. The molecule has 0 fully saturated rings. The molecule has 0 radical (unpaired) electrons. The number of hydrogen-bond donors (Lipinski definition) is 0. The van der Waals surface area contributed by atoms with Gasteiger partial charge >= 0.3 is 29.5 Å². The Kier molecular flexibility index (Phi) is 7.72. The van der Waals surface area contributed by atoms with Crippen molar-refractivity contribution in [2.24, 2.45) is 0 Å². The number of nitrogens with zero attached hydrogens (tertiary/aromatic N) is 1. The number of halogens is 10. The summed E-state index contributed by atoms with van der Waals surface area (Å²) in [4.78, 5) is 18.0. The number of nitro groups is 1. The third-order valence-corrected chi connectivity index (χ3v) is 5.77. The zero-order valence-corrected chi connectivity index (χ0v) is 16.3. The second-order valence-electron chi connectivity index (χ2n) is 5.61. The van der Waals surface area contributed by atoms with Crippen LogP contribution < -0.4 is 0 Å². The number of ether oxygens (including phenoxy) is 1. The van der Waals surface area contributed by atoms with Crippen LogP contribution in [-0.2, 0) is 19.4 Å². The highest BCUT2D eigenvalue weighted by Crippen LogP contribution is 2.54. The van der Waals surface area contributed by atoms with E-state index in [2.05, 4.69) is 4.74 Å². The lowest BCUT2D eigenvalue weighted by Gasteiger charge is -2.27. The fraction of sp³-hybridized carbons (Fsp3) is 0.462. The minimum absolute atomic E-state index is 0.0844. The smallest absolute Gasteiger partial charge is 0.455 e. The summed E-state index contributed by atoms with van der Waals surface area (Å²) >= 11 is -1.46. The second kappa shape index (κ2) is 8.91. The molecule has 182 valence electrons. The maximum absolute atomic E-state index is 13.5. The van der Waals surface area contributed by atoms with Gasteiger partial charge < -0.3 is 4.74 Å². The second-order valence-corrected chi connectivity index (χ2v) is 8.76. The van der Waals surface area contributed by atoms with Crippen LogP contribution in [0.3, 0.4) is 0 Å². The van der Waals surface area contributed by atoms with Gasteiger partial charge in [0.1, 0.15) is 4.90 Å². The number of thioether (sulfide) groups is 1. The molecule has 0 bridgehead atoms. The third-order valence-electron chi connectivity index (χ3n) is 3.13. The van der Waals surface area contributed by atoms with Crippen molar-refractivity contribution < 1.29 is 66.8 Å². The highest BCUT2D eigenvalue weighted by molar-refractivity contribution is 8.00. The predicted molar refractivity (Wildman–Crippen MR) is 84.0 cm³/mol. The molecule has 0 aliphatic rings. The third kappa shape index (κ3) is 6.59. The summed E-state index contributed by atoms with van der Waals surface area (Å²) in [5.74, 6) is -10.4. The Morgan fingerprint density at radius 1 is 1.03 bits per heavy atom. The molecule has 1 aromatic rings. The average molecular weight is 527 g/mol. The van der Waals surface area contributed by atoms with Crippen LogP contribution >= 0.6 is 11.8 Å². The van der Waals surface area contributed by atoms with Crippen LogP contribution in [0.4, 0.5) is 49.6 Å². The van der Waals surface area contributed by atoms with Crippen molar-refractivity contribution in [1.29, 1.82) is 0 Å². The Bertz CT molecular complexity index is 990. The minimum Gasteiger partial charge on any atom is -0.455 e. The summed E-state index contributed by atoms with van der Waals surface area (Å²) in [7, 11) is -5.12. The SMILES string of the molecule is O=C(CS(=O)(=O)c1ccc(SC(F)(F)C(F)(F)C(F)(F)F)cc1[N+](=O)[O-])OCC(F)(F)F. The van der Waals surface area contributed by atoms with Gasteiger partial charge in [0.2, 0.25) is 0 Å². The molecule has 0 saturated carbocycles. The quantitative estimate of drug-likeness (QED) is 0.163. The van der Waals surface area contributed by atoms with E-state index in [0.29, 0.717) is 0 Å². The van der Waals surface area contributed by atoms with Gasteiger partial charge in [0.25, 0.3) is 5.69 Å². The van der Waals surface area contributed by atoms with Gasteiger partial charge in [-0.2, -0.15) is 43.9 Å². The first kappa shape index (κ1) is 27.7. The molecule has 0 saturated heterocycles. The number of rotatable bonds is 8. The minimum atomic E-state index is -6.70. The topological polar surface area (TPSA) is 104 Å².